The van der Waals surface area contributed by atoms with Gasteiger partial charge in [-0.1, -0.05) is 0 Å². The smallest absolute Gasteiger partial charge is 0.313 e. The van der Waals surface area contributed by atoms with E-state index in [0.29, 0.717) is 12.6 Å². The molecular weight excluding hydrogens is 270 g/mol. The van der Waals surface area contributed by atoms with Crippen LogP contribution in [0.25, 0.3) is 11.3 Å². The van der Waals surface area contributed by atoms with Crippen LogP contribution in [0, 0.1) is 21.7 Å². The minimum Gasteiger partial charge on any atom is -0.354 e. The highest BCUT2D eigenvalue weighted by molar-refractivity contribution is 5.70. The second kappa shape index (κ2) is 5.55. The number of nitrogens with zero attached hydrogens (tertiary/aromatic N) is 3. The lowest BCUT2D eigenvalue weighted by Gasteiger charge is -2.06. The molecule has 0 aliphatic heterocycles. The Morgan fingerprint density at radius 1 is 1.30 bits per heavy atom. The maximum Gasteiger partial charge on any atom is 0.313 e. The zero-order valence-corrected chi connectivity index (χ0v) is 10.4. The highest BCUT2D eigenvalue weighted by Crippen LogP contribution is 2.29. The molecule has 0 unspecified atom stereocenters. The second-order valence-corrected chi connectivity index (χ2v) is 3.87. The van der Waals surface area contributed by atoms with E-state index >= 15 is 0 Å². The standard InChI is InChI=1S/C12H10F2N4O2/c1-2-15-12-16-6-10(18(19)20)11(17-12)7-3-8(13)5-9(14)4-7/h3-6H,2H2,1H3,(H,15,16,17). The fourth-order valence-corrected chi connectivity index (χ4v) is 1.66. The predicted molar refractivity (Wildman–Crippen MR) is 68.2 cm³/mol. The Morgan fingerprint density at radius 2 is 1.95 bits per heavy atom. The average molecular weight is 280 g/mol. The molecule has 1 aromatic carbocycles. The van der Waals surface area contributed by atoms with E-state index in [4.69, 9.17) is 0 Å². The number of nitro groups is 1. The van der Waals surface area contributed by atoms with Crippen LogP contribution < -0.4 is 5.32 Å². The molecule has 0 amide bonds. The number of halogens is 2. The average Bonchev–Trinajstić information content (AvgIpc) is 2.37. The monoisotopic (exact) mass is 280 g/mol. The summed E-state index contributed by atoms with van der Waals surface area (Å²) < 4.78 is 26.5. The Morgan fingerprint density at radius 3 is 2.50 bits per heavy atom. The highest BCUT2D eigenvalue weighted by atomic mass is 19.1. The van der Waals surface area contributed by atoms with Crippen LogP contribution in [0.4, 0.5) is 20.4 Å². The fourth-order valence-electron chi connectivity index (χ4n) is 1.66. The largest absolute Gasteiger partial charge is 0.354 e. The van der Waals surface area contributed by atoms with Crippen molar-refractivity contribution in [3.63, 3.8) is 0 Å². The van der Waals surface area contributed by atoms with Gasteiger partial charge in [-0.15, -0.1) is 0 Å². The Bertz CT molecular complexity index is 644. The van der Waals surface area contributed by atoms with Crippen LogP contribution in [0.15, 0.2) is 24.4 Å². The van der Waals surface area contributed by atoms with Gasteiger partial charge in [0, 0.05) is 18.2 Å². The molecule has 0 fully saturated rings. The number of rotatable bonds is 4. The second-order valence-electron chi connectivity index (χ2n) is 3.87. The van der Waals surface area contributed by atoms with Crippen molar-refractivity contribution in [1.82, 2.24) is 9.97 Å². The van der Waals surface area contributed by atoms with Crippen molar-refractivity contribution in [2.75, 3.05) is 11.9 Å². The van der Waals surface area contributed by atoms with Gasteiger partial charge in [-0.05, 0) is 19.1 Å². The number of hydrogen-bond acceptors (Lipinski definition) is 5. The molecule has 2 rings (SSSR count). The van der Waals surface area contributed by atoms with Crippen molar-refractivity contribution in [1.29, 1.82) is 0 Å². The molecule has 0 spiro atoms. The molecule has 104 valence electrons. The van der Waals surface area contributed by atoms with Gasteiger partial charge in [0.05, 0.1) is 4.92 Å². The van der Waals surface area contributed by atoms with Crippen LogP contribution >= 0.6 is 0 Å². The molecule has 1 aromatic heterocycles. The first kappa shape index (κ1) is 13.8. The zero-order chi connectivity index (χ0) is 14.7. The number of aromatic nitrogens is 2. The molecule has 6 nitrogen and oxygen atoms in total. The molecule has 1 N–H and O–H groups in total. The first-order chi connectivity index (χ1) is 9.51. The van der Waals surface area contributed by atoms with Crippen molar-refractivity contribution in [2.45, 2.75) is 6.92 Å². The summed E-state index contributed by atoms with van der Waals surface area (Å²) in [7, 11) is 0. The first-order valence-electron chi connectivity index (χ1n) is 5.73. The Balaban J connectivity index is 2.62. The molecule has 2 aromatic rings. The van der Waals surface area contributed by atoms with E-state index in [9.17, 15) is 18.9 Å². The zero-order valence-electron chi connectivity index (χ0n) is 10.4. The molecular formula is C12H10F2N4O2. The van der Waals surface area contributed by atoms with Gasteiger partial charge < -0.3 is 5.32 Å². The summed E-state index contributed by atoms with van der Waals surface area (Å²) in [6, 6.07) is 2.64. The van der Waals surface area contributed by atoms with Gasteiger partial charge in [-0.3, -0.25) is 10.1 Å². The lowest BCUT2D eigenvalue weighted by Crippen LogP contribution is -2.05. The summed E-state index contributed by atoms with van der Waals surface area (Å²) in [5, 5.41) is 13.7. The molecule has 0 saturated carbocycles. The van der Waals surface area contributed by atoms with E-state index in [1.807, 2.05) is 0 Å². The van der Waals surface area contributed by atoms with Crippen LogP contribution in [-0.2, 0) is 0 Å². The van der Waals surface area contributed by atoms with Crippen LogP contribution in [0.5, 0.6) is 0 Å². The number of hydrogen-bond donors (Lipinski definition) is 1. The molecule has 0 aliphatic carbocycles. The quantitative estimate of drug-likeness (QED) is 0.688. The van der Waals surface area contributed by atoms with E-state index in [-0.39, 0.29) is 17.2 Å². The molecule has 20 heavy (non-hydrogen) atoms. The van der Waals surface area contributed by atoms with Gasteiger partial charge in [0.1, 0.15) is 17.8 Å². The summed E-state index contributed by atoms with van der Waals surface area (Å²) in [4.78, 5) is 18.0. The highest BCUT2D eigenvalue weighted by Gasteiger charge is 2.20. The van der Waals surface area contributed by atoms with Crippen molar-refractivity contribution >= 4 is 11.6 Å². The van der Waals surface area contributed by atoms with Gasteiger partial charge in [0.25, 0.3) is 0 Å². The van der Waals surface area contributed by atoms with Crippen LogP contribution in [-0.4, -0.2) is 21.4 Å². The van der Waals surface area contributed by atoms with Crippen LogP contribution in [0.1, 0.15) is 6.92 Å². The fraction of sp³-hybridized carbons (Fsp3) is 0.167. The summed E-state index contributed by atoms with van der Waals surface area (Å²) >= 11 is 0. The summed E-state index contributed by atoms with van der Waals surface area (Å²) in [6.07, 6.45) is 1.00. The molecule has 1 heterocycles. The molecule has 0 bridgehead atoms. The molecule has 0 saturated heterocycles. The molecule has 0 aliphatic rings. The lowest BCUT2D eigenvalue weighted by atomic mass is 10.1. The number of nitrogens with one attached hydrogen (secondary N) is 1. The van der Waals surface area contributed by atoms with Crippen molar-refractivity contribution in [2.24, 2.45) is 0 Å². The molecule has 8 heteroatoms. The van der Waals surface area contributed by atoms with Crippen LogP contribution in [0.3, 0.4) is 0 Å². The van der Waals surface area contributed by atoms with Crippen molar-refractivity contribution < 1.29 is 13.7 Å². The summed E-state index contributed by atoms with van der Waals surface area (Å²) in [6.45, 7) is 2.31. The Hall–Kier alpha value is -2.64. The maximum atomic E-state index is 13.2. The minimum absolute atomic E-state index is 0.0178. The predicted octanol–water partition coefficient (Wildman–Crippen LogP) is 2.76. The van der Waals surface area contributed by atoms with E-state index in [2.05, 4.69) is 15.3 Å². The topological polar surface area (TPSA) is 81.0 Å². The first-order valence-corrected chi connectivity index (χ1v) is 5.73. The summed E-state index contributed by atoms with van der Waals surface area (Å²) in [5.41, 5.74) is -0.577. The van der Waals surface area contributed by atoms with E-state index < -0.39 is 22.2 Å². The Kier molecular flexibility index (Phi) is 3.83. The third-order valence-corrected chi connectivity index (χ3v) is 2.44. The number of benzene rings is 1. The van der Waals surface area contributed by atoms with E-state index in [1.165, 1.54) is 0 Å². The lowest BCUT2D eigenvalue weighted by molar-refractivity contribution is -0.384. The van der Waals surface area contributed by atoms with Gasteiger partial charge in [-0.25, -0.2) is 18.7 Å². The summed E-state index contributed by atoms with van der Waals surface area (Å²) in [5.74, 6) is -1.52. The SMILES string of the molecule is CCNc1ncc([N+](=O)[O-])c(-c2cc(F)cc(F)c2)n1. The minimum atomic E-state index is -0.835. The van der Waals surface area contributed by atoms with Gasteiger partial charge in [0.2, 0.25) is 5.95 Å². The van der Waals surface area contributed by atoms with Gasteiger partial charge in [-0.2, -0.15) is 0 Å². The Labute approximate surface area is 112 Å². The maximum absolute atomic E-state index is 13.2. The third-order valence-electron chi connectivity index (χ3n) is 2.44. The van der Waals surface area contributed by atoms with Crippen molar-refractivity contribution in [3.05, 3.63) is 46.1 Å². The van der Waals surface area contributed by atoms with Crippen molar-refractivity contribution in [3.8, 4) is 11.3 Å². The third kappa shape index (κ3) is 2.85. The van der Waals surface area contributed by atoms with E-state index in [1.54, 1.807) is 6.92 Å². The van der Waals surface area contributed by atoms with Gasteiger partial charge >= 0.3 is 5.69 Å². The molecule has 0 atom stereocenters. The van der Waals surface area contributed by atoms with Crippen LogP contribution in [0.2, 0.25) is 0 Å². The molecule has 0 radical (unpaired) electrons. The normalized spacial score (nSPS) is 10.3. The van der Waals surface area contributed by atoms with Gasteiger partial charge in [0.15, 0.2) is 5.69 Å². The van der Waals surface area contributed by atoms with E-state index in [0.717, 1.165) is 18.3 Å². The number of anilines is 1.